The summed E-state index contributed by atoms with van der Waals surface area (Å²) in [6, 6.07) is -3.71. The molecule has 3 aromatic rings. The minimum atomic E-state index is -5.00. The van der Waals surface area contributed by atoms with Gasteiger partial charge >= 0.3 is 13.9 Å². The lowest BCUT2D eigenvalue weighted by atomic mass is 9.96. The van der Waals surface area contributed by atoms with Gasteiger partial charge in [-0.25, -0.2) is 14.3 Å². The van der Waals surface area contributed by atoms with E-state index in [1.807, 2.05) is 11.8 Å². The van der Waals surface area contributed by atoms with E-state index < -0.39 is 163 Å². The van der Waals surface area contributed by atoms with Gasteiger partial charge in [-0.15, -0.1) is 0 Å². The van der Waals surface area contributed by atoms with Gasteiger partial charge in [0, 0.05) is 74.6 Å². The second-order valence-corrected chi connectivity index (χ2v) is 32.2. The number of nitrogens with two attached hydrogens (primary N) is 4. The zero-order chi connectivity index (χ0) is 91.4. The van der Waals surface area contributed by atoms with E-state index in [9.17, 15) is 96.2 Å². The summed E-state index contributed by atoms with van der Waals surface area (Å²) in [7, 11) is -5.00. The highest BCUT2D eigenvalue weighted by Crippen LogP contribution is 2.38. The van der Waals surface area contributed by atoms with E-state index in [-0.39, 0.29) is 158 Å². The Morgan fingerprint density at radius 3 is 1.61 bits per heavy atom. The van der Waals surface area contributed by atoms with Crippen LogP contribution in [0.3, 0.4) is 0 Å². The second kappa shape index (κ2) is 54.5. The number of phosphoric acid groups is 1. The summed E-state index contributed by atoms with van der Waals surface area (Å²) >= 11 is 1.86. The number of ether oxygens (including phenoxy) is 4. The summed E-state index contributed by atoms with van der Waals surface area (Å²) in [6.45, 7) is 7.32. The molecule has 2 fully saturated rings. The summed E-state index contributed by atoms with van der Waals surface area (Å²) < 4.78 is 37.8. The third-order valence-corrected chi connectivity index (χ3v) is 21.5. The van der Waals surface area contributed by atoms with Crippen molar-refractivity contribution in [3.63, 3.8) is 0 Å². The lowest BCUT2D eigenvalue weighted by Crippen LogP contribution is -2.62. The number of aromatic nitrogens is 2. The first kappa shape index (κ1) is 103. The molecule has 0 radical (unpaired) electrons. The number of aromatic amines is 1. The minimum Gasteiger partial charge on any atom is -0.508 e. The van der Waals surface area contributed by atoms with Crippen LogP contribution in [0.1, 0.15) is 128 Å². The molecule has 2 aliphatic heterocycles. The van der Waals surface area contributed by atoms with Crippen LogP contribution in [-0.2, 0) is 115 Å². The maximum absolute atomic E-state index is 14.7. The zero-order valence-electron chi connectivity index (χ0n) is 69.9. The van der Waals surface area contributed by atoms with Gasteiger partial charge in [-0.1, -0.05) is 57.4 Å². The first-order valence-corrected chi connectivity index (χ1v) is 43.2. The van der Waals surface area contributed by atoms with Crippen molar-refractivity contribution in [3.05, 3.63) is 77.9 Å². The number of H-pyrrole nitrogens is 1. The third-order valence-electron chi connectivity index (χ3n) is 19.5. The van der Waals surface area contributed by atoms with Gasteiger partial charge in [0.15, 0.2) is 0 Å². The van der Waals surface area contributed by atoms with Gasteiger partial charge in [0.05, 0.1) is 70.5 Å². The first-order valence-electron chi connectivity index (χ1n) is 40.6. The highest BCUT2D eigenvalue weighted by Gasteiger charge is 2.43. The molecule has 0 spiro atoms. The number of unbranched alkanes of at least 4 members (excludes halogenated alkanes) is 3. The smallest absolute Gasteiger partial charge is 0.508 e. The molecule has 5 rings (SSSR count). The van der Waals surface area contributed by atoms with E-state index in [1.165, 1.54) is 81.8 Å². The van der Waals surface area contributed by atoms with Crippen molar-refractivity contribution >= 4 is 114 Å². The van der Waals surface area contributed by atoms with Gasteiger partial charge in [0.2, 0.25) is 88.6 Å². The van der Waals surface area contributed by atoms with E-state index in [4.69, 9.17) is 41.9 Å². The number of nitrogens with zero attached hydrogens (tertiary/aromatic N) is 1. The van der Waals surface area contributed by atoms with Gasteiger partial charge in [0.25, 0.3) is 0 Å². The van der Waals surface area contributed by atoms with Crippen LogP contribution in [0.15, 0.2) is 61.1 Å². The average molecular weight is 1790 g/mol. The SMILES string of the molecule is CC[C@H](C)[C@H](NC(=O)[C@H](Cc1ccc(OP(=O)(O)O)cc1)NC(=O)[C@H](C)NC(=O)[C@H](C)NC(=O)[C@H](C)N)C(=O)N[C@@H](CC(N)=O)C(=O)N[C@@H](Cc1ccc(O)cc1)C(=O)N[C@@H](Cc1cnc[nH]1)C(=O)N[C@@H](CCC(=O)NCCOCCOCC(=O)NCCOCCOCC(=O)N[C@@H](CCCCNC(=O)CCCCC[C@@H]1SC[C@@H]2NC(=O)N[C@@H]21)C(N)=O)C(N)=O. The average Bonchev–Trinajstić information content (AvgIpc) is 1.33. The Hall–Kier alpha value is -11.1. The fourth-order valence-corrected chi connectivity index (χ4v) is 14.4. The topological polar surface area (TPSA) is 698 Å². The molecular weight excluding hydrogens is 1670 g/mol. The fourth-order valence-electron chi connectivity index (χ4n) is 12.5. The predicted molar refractivity (Wildman–Crippen MR) is 445 cm³/mol. The first-order chi connectivity index (χ1) is 58.9. The lowest BCUT2D eigenvalue weighted by Gasteiger charge is -2.29. The molecule has 124 heavy (non-hydrogen) atoms. The number of primary amides is 3. The number of rotatable bonds is 61. The highest BCUT2D eigenvalue weighted by molar-refractivity contribution is 8.00. The van der Waals surface area contributed by atoms with Crippen molar-refractivity contribution in [3.8, 4) is 11.5 Å². The number of carbonyl (C=O) groups excluding carboxylic acids is 16. The van der Waals surface area contributed by atoms with Crippen molar-refractivity contribution in [1.29, 1.82) is 0 Å². The Balaban J connectivity index is 1.05. The maximum Gasteiger partial charge on any atom is 0.524 e. The summed E-state index contributed by atoms with van der Waals surface area (Å²) in [4.78, 5) is 236. The molecule has 0 unspecified atom stereocenters. The van der Waals surface area contributed by atoms with Gasteiger partial charge in [-0.2, -0.15) is 11.8 Å². The number of phenols is 1. The monoisotopic (exact) mass is 1790 g/mol. The van der Waals surface area contributed by atoms with Gasteiger partial charge < -0.3 is 131 Å². The number of carbonyl (C=O) groups is 16. The summed E-state index contributed by atoms with van der Waals surface area (Å²) in [5.74, 6) is -12.6. The van der Waals surface area contributed by atoms with Crippen LogP contribution in [-0.4, -0.2) is 275 Å². The quantitative estimate of drug-likeness (QED) is 0.0143. The predicted octanol–water partition coefficient (Wildman–Crippen LogP) is -5.26. The number of fused-ring (bicyclic) bond motifs is 1. The lowest BCUT2D eigenvalue weighted by molar-refractivity contribution is -0.137. The van der Waals surface area contributed by atoms with E-state index >= 15 is 0 Å². The van der Waals surface area contributed by atoms with Crippen molar-refractivity contribution < 1.29 is 120 Å². The van der Waals surface area contributed by atoms with Crippen molar-refractivity contribution in [2.45, 2.75) is 209 Å². The fraction of sp³-hybridized carbons (Fsp3) is 0.597. The summed E-state index contributed by atoms with van der Waals surface area (Å²) in [6.07, 6.45) is 5.50. The largest absolute Gasteiger partial charge is 0.524 e. The number of hydrogen-bond acceptors (Lipinski definition) is 26. The van der Waals surface area contributed by atoms with E-state index in [2.05, 4.69) is 88.9 Å². The second-order valence-electron chi connectivity index (χ2n) is 29.7. The number of aromatic hydroxyl groups is 1. The number of amides is 17. The number of imidazole rings is 1. The molecule has 17 amide bonds. The summed E-state index contributed by atoms with van der Waals surface area (Å²) in [5.41, 5.74) is 23.3. The number of phenolic OH excluding ortho intramolecular Hbond substituents is 1. The molecule has 1 aromatic heterocycles. The molecule has 3 heterocycles. The molecule has 26 N–H and O–H groups in total. The molecule has 0 saturated carbocycles. The van der Waals surface area contributed by atoms with Gasteiger partial charge in [0.1, 0.15) is 79.1 Å². The molecule has 688 valence electrons. The Labute approximate surface area is 720 Å². The summed E-state index contributed by atoms with van der Waals surface area (Å²) in [5, 5.41) is 47.0. The molecule has 0 bridgehead atoms. The maximum atomic E-state index is 14.7. The molecule has 2 saturated heterocycles. The van der Waals surface area contributed by atoms with Crippen LogP contribution >= 0.6 is 19.6 Å². The van der Waals surface area contributed by atoms with Gasteiger partial charge in [-0.05, 0) is 101 Å². The van der Waals surface area contributed by atoms with E-state index in [1.54, 1.807) is 13.8 Å². The highest BCUT2D eigenvalue weighted by atomic mass is 32.2. The van der Waals surface area contributed by atoms with Crippen LogP contribution in [0.2, 0.25) is 0 Å². The third kappa shape index (κ3) is 40.0. The van der Waals surface area contributed by atoms with Crippen LogP contribution in [0.25, 0.3) is 0 Å². The van der Waals surface area contributed by atoms with Crippen LogP contribution in [0.4, 0.5) is 4.79 Å². The number of nitrogens with one attached hydrogen (secondary N) is 15. The number of benzene rings is 2. The normalized spacial score (nSPS) is 16.7. The number of hydrogen-bond donors (Lipinski definition) is 22. The standard InChI is InChI=1S/C77H119N20O25PS/c1-6-43(2)65(96-75(112)55(35-48-17-21-51(22-18-48)122-123(115,116)117)91-71(108)46(5)88-70(107)45(4)87-69(106)44(3)78)76(113)94-57(37-60(79)99)74(111)92-54(34-47-15-19-50(98)20-16-47)72(109)93-56(36-49-38-82-42-86-49)73(110)90-53(68(81)105)23-24-62(101)84-26-28-118-30-32-120-39-63(102)85-27-29-119-31-33-121-40-64(103)89-52(67(80)104)12-10-11-25-83-61(100)14-9-7-8-13-59-66-58(41-124-59)95-77(114)97-66/h15-22,38,42-46,52-59,65-66,98H,6-14,23-37,39-41,78H2,1-5H3,(H2,79,99)(H2,80,104)(H2,81,105)(H,82,86)(H,83,100)(H,84,101)(H,85,102)(H,87,106)(H,88,107)(H,89,103)(H,90,110)(H,91,108)(H,92,111)(H,93,109)(H,94,113)(H,96,112)(H2,95,97,114)(H2,115,116,117)/t43-,44-,45-,46-,52-,53-,54-,55-,56-,57-,58-,59-,65-,66-/m0/s1. The molecule has 14 atom stereocenters. The Kier molecular flexibility index (Phi) is 45.4. The molecular formula is C77H119N20O25PS. The van der Waals surface area contributed by atoms with Gasteiger partial charge in [-0.3, -0.25) is 81.7 Å². The van der Waals surface area contributed by atoms with Crippen molar-refractivity contribution in [2.24, 2.45) is 28.9 Å². The zero-order valence-corrected chi connectivity index (χ0v) is 71.6. The molecule has 45 nitrogen and oxygen atoms in total. The number of urea groups is 1. The van der Waals surface area contributed by atoms with Crippen molar-refractivity contribution in [1.82, 2.24) is 84.4 Å². The van der Waals surface area contributed by atoms with E-state index in [0.717, 1.165) is 31.4 Å². The Bertz CT molecular complexity index is 4080. The Morgan fingerprint density at radius 2 is 1.04 bits per heavy atom. The number of thioether (sulfide) groups is 1. The van der Waals surface area contributed by atoms with Crippen LogP contribution < -0.4 is 102 Å². The Morgan fingerprint density at radius 1 is 0.532 bits per heavy atom. The minimum absolute atomic E-state index is 0.000806. The van der Waals surface area contributed by atoms with Crippen LogP contribution in [0, 0.1) is 5.92 Å². The van der Waals surface area contributed by atoms with E-state index in [0.29, 0.717) is 36.6 Å². The molecule has 0 aliphatic carbocycles. The molecule has 47 heteroatoms. The number of phosphoric ester groups is 1. The molecule has 2 aromatic carbocycles. The van der Waals surface area contributed by atoms with Crippen molar-refractivity contribution in [2.75, 3.05) is 78.2 Å². The van der Waals surface area contributed by atoms with Crippen LogP contribution in [0.5, 0.6) is 11.5 Å². The molecule has 2 aliphatic rings.